The van der Waals surface area contributed by atoms with E-state index >= 15 is 0 Å². The van der Waals surface area contributed by atoms with Crippen molar-refractivity contribution in [1.29, 1.82) is 0 Å². The van der Waals surface area contributed by atoms with Crippen molar-refractivity contribution in [2.45, 2.75) is 58.0 Å². The van der Waals surface area contributed by atoms with Crippen molar-refractivity contribution in [1.82, 2.24) is 9.97 Å². The third kappa shape index (κ3) is 3.35. The first kappa shape index (κ1) is 14.1. The summed E-state index contributed by atoms with van der Waals surface area (Å²) in [5.41, 5.74) is 5.90. The average molecular weight is 264 g/mol. The molecule has 106 valence electrons. The SMILES string of the molecule is CCc1nc(N(CC)C2CCC(N)CC2)cc(=O)[nH]1. The highest BCUT2D eigenvalue weighted by atomic mass is 16.1. The highest BCUT2D eigenvalue weighted by molar-refractivity contribution is 5.39. The number of aromatic amines is 1. The molecule has 0 spiro atoms. The molecule has 1 fully saturated rings. The van der Waals surface area contributed by atoms with Gasteiger partial charge in [0, 0.05) is 31.1 Å². The highest BCUT2D eigenvalue weighted by Crippen LogP contribution is 2.25. The molecule has 0 unspecified atom stereocenters. The number of hydrogen-bond acceptors (Lipinski definition) is 4. The lowest BCUT2D eigenvalue weighted by atomic mass is 9.91. The Morgan fingerprint density at radius 2 is 2.05 bits per heavy atom. The van der Waals surface area contributed by atoms with Gasteiger partial charge in [0.25, 0.3) is 5.56 Å². The van der Waals surface area contributed by atoms with E-state index in [0.29, 0.717) is 12.1 Å². The third-order valence-corrected chi connectivity index (χ3v) is 3.93. The van der Waals surface area contributed by atoms with Crippen molar-refractivity contribution in [3.8, 4) is 0 Å². The van der Waals surface area contributed by atoms with Gasteiger partial charge >= 0.3 is 0 Å². The van der Waals surface area contributed by atoms with E-state index in [0.717, 1.165) is 50.3 Å². The molecule has 1 aromatic rings. The van der Waals surface area contributed by atoms with Gasteiger partial charge in [-0.1, -0.05) is 6.92 Å². The second kappa shape index (κ2) is 6.19. The average Bonchev–Trinajstić information content (AvgIpc) is 2.41. The van der Waals surface area contributed by atoms with Gasteiger partial charge in [0.05, 0.1) is 0 Å². The summed E-state index contributed by atoms with van der Waals surface area (Å²) in [4.78, 5) is 21.3. The van der Waals surface area contributed by atoms with Crippen LogP contribution in [-0.4, -0.2) is 28.6 Å². The topological polar surface area (TPSA) is 75.0 Å². The van der Waals surface area contributed by atoms with Crippen molar-refractivity contribution in [3.63, 3.8) is 0 Å². The smallest absolute Gasteiger partial charge is 0.252 e. The number of rotatable bonds is 4. The zero-order valence-electron chi connectivity index (χ0n) is 11.9. The number of nitrogens with one attached hydrogen (secondary N) is 1. The number of H-pyrrole nitrogens is 1. The van der Waals surface area contributed by atoms with Gasteiger partial charge in [-0.25, -0.2) is 4.98 Å². The fourth-order valence-corrected chi connectivity index (χ4v) is 2.83. The van der Waals surface area contributed by atoms with Gasteiger partial charge in [-0.05, 0) is 32.6 Å². The summed E-state index contributed by atoms with van der Waals surface area (Å²) >= 11 is 0. The van der Waals surface area contributed by atoms with Crippen molar-refractivity contribution in [2.75, 3.05) is 11.4 Å². The Balaban J connectivity index is 2.21. The number of nitrogens with zero attached hydrogens (tertiary/aromatic N) is 2. The number of anilines is 1. The van der Waals surface area contributed by atoms with Crippen LogP contribution in [0.15, 0.2) is 10.9 Å². The van der Waals surface area contributed by atoms with Gasteiger partial charge in [-0.3, -0.25) is 4.79 Å². The quantitative estimate of drug-likeness (QED) is 0.862. The van der Waals surface area contributed by atoms with Crippen molar-refractivity contribution in [2.24, 2.45) is 5.73 Å². The van der Waals surface area contributed by atoms with Crippen LogP contribution in [0.3, 0.4) is 0 Å². The Kier molecular flexibility index (Phi) is 4.58. The Hall–Kier alpha value is -1.36. The van der Waals surface area contributed by atoms with Crippen LogP contribution >= 0.6 is 0 Å². The first-order valence-electron chi connectivity index (χ1n) is 7.26. The minimum atomic E-state index is -0.0622. The Labute approximate surface area is 114 Å². The van der Waals surface area contributed by atoms with Gasteiger partial charge in [-0.2, -0.15) is 0 Å². The number of aryl methyl sites for hydroxylation is 1. The van der Waals surface area contributed by atoms with Crippen LogP contribution in [0.2, 0.25) is 0 Å². The van der Waals surface area contributed by atoms with E-state index in [1.165, 1.54) is 0 Å². The maximum atomic E-state index is 11.7. The molecular weight excluding hydrogens is 240 g/mol. The van der Waals surface area contributed by atoms with E-state index in [9.17, 15) is 4.79 Å². The summed E-state index contributed by atoms with van der Waals surface area (Å²) in [5, 5.41) is 0. The Bertz CT molecular complexity index is 463. The summed E-state index contributed by atoms with van der Waals surface area (Å²) < 4.78 is 0. The Morgan fingerprint density at radius 1 is 1.37 bits per heavy atom. The molecule has 19 heavy (non-hydrogen) atoms. The summed E-state index contributed by atoms with van der Waals surface area (Å²) in [6.07, 6.45) is 5.04. The largest absolute Gasteiger partial charge is 0.354 e. The van der Waals surface area contributed by atoms with Gasteiger partial charge in [0.2, 0.25) is 0 Å². The van der Waals surface area contributed by atoms with Gasteiger partial charge in [-0.15, -0.1) is 0 Å². The summed E-state index contributed by atoms with van der Waals surface area (Å²) in [7, 11) is 0. The minimum Gasteiger partial charge on any atom is -0.354 e. The van der Waals surface area contributed by atoms with Crippen LogP contribution in [0.25, 0.3) is 0 Å². The standard InChI is InChI=1S/C14H24N4O/c1-3-12-16-13(9-14(19)17-12)18(4-2)11-7-5-10(15)6-8-11/h9-11H,3-8,15H2,1-2H3,(H,16,17,19). The monoisotopic (exact) mass is 264 g/mol. The molecule has 0 aliphatic heterocycles. The maximum Gasteiger partial charge on any atom is 0.252 e. The molecule has 5 nitrogen and oxygen atoms in total. The second-order valence-electron chi connectivity index (χ2n) is 5.26. The first-order valence-corrected chi connectivity index (χ1v) is 7.26. The molecule has 1 heterocycles. The lowest BCUT2D eigenvalue weighted by Crippen LogP contribution is -2.41. The van der Waals surface area contributed by atoms with Crippen molar-refractivity contribution < 1.29 is 0 Å². The molecule has 0 aromatic carbocycles. The van der Waals surface area contributed by atoms with E-state index in [1.807, 2.05) is 6.92 Å². The lowest BCUT2D eigenvalue weighted by Gasteiger charge is -2.36. The highest BCUT2D eigenvalue weighted by Gasteiger charge is 2.24. The van der Waals surface area contributed by atoms with E-state index in [4.69, 9.17) is 5.73 Å². The molecule has 0 bridgehead atoms. The molecule has 0 atom stereocenters. The van der Waals surface area contributed by atoms with Crippen molar-refractivity contribution in [3.05, 3.63) is 22.2 Å². The molecule has 1 aromatic heterocycles. The zero-order chi connectivity index (χ0) is 13.8. The van der Waals surface area contributed by atoms with Crippen LogP contribution < -0.4 is 16.2 Å². The number of nitrogens with two attached hydrogens (primary N) is 1. The fraction of sp³-hybridized carbons (Fsp3) is 0.714. The molecule has 0 amide bonds. The summed E-state index contributed by atoms with van der Waals surface area (Å²) in [6, 6.07) is 2.41. The predicted octanol–water partition coefficient (Wildman–Crippen LogP) is 1.43. The molecule has 2 rings (SSSR count). The fourth-order valence-electron chi connectivity index (χ4n) is 2.83. The minimum absolute atomic E-state index is 0.0622. The van der Waals surface area contributed by atoms with Gasteiger partial charge < -0.3 is 15.6 Å². The van der Waals surface area contributed by atoms with Crippen LogP contribution in [-0.2, 0) is 6.42 Å². The van der Waals surface area contributed by atoms with Crippen LogP contribution in [0.1, 0.15) is 45.4 Å². The number of aromatic nitrogens is 2. The molecule has 0 radical (unpaired) electrons. The third-order valence-electron chi connectivity index (χ3n) is 3.93. The van der Waals surface area contributed by atoms with Crippen molar-refractivity contribution >= 4 is 5.82 Å². The summed E-state index contributed by atoms with van der Waals surface area (Å²) in [6.45, 7) is 4.99. The molecular formula is C14H24N4O. The normalized spacial score (nSPS) is 23.3. The first-order chi connectivity index (χ1) is 9.13. The summed E-state index contributed by atoms with van der Waals surface area (Å²) in [5.74, 6) is 1.57. The van der Waals surface area contributed by atoms with E-state index in [-0.39, 0.29) is 5.56 Å². The van der Waals surface area contributed by atoms with Gasteiger partial charge in [0.1, 0.15) is 11.6 Å². The van der Waals surface area contributed by atoms with E-state index < -0.39 is 0 Å². The van der Waals surface area contributed by atoms with Crippen LogP contribution in [0, 0.1) is 0 Å². The molecule has 3 N–H and O–H groups in total. The lowest BCUT2D eigenvalue weighted by molar-refractivity contribution is 0.376. The molecule has 1 aliphatic carbocycles. The van der Waals surface area contributed by atoms with E-state index in [2.05, 4.69) is 21.8 Å². The molecule has 5 heteroatoms. The molecule has 1 aliphatic rings. The Morgan fingerprint density at radius 3 is 2.63 bits per heavy atom. The zero-order valence-corrected chi connectivity index (χ0v) is 11.9. The predicted molar refractivity (Wildman–Crippen MR) is 77.5 cm³/mol. The van der Waals surface area contributed by atoms with Crippen LogP contribution in [0.5, 0.6) is 0 Å². The second-order valence-corrected chi connectivity index (χ2v) is 5.26. The van der Waals surface area contributed by atoms with E-state index in [1.54, 1.807) is 6.07 Å². The number of hydrogen-bond donors (Lipinski definition) is 2. The van der Waals surface area contributed by atoms with Gasteiger partial charge in [0.15, 0.2) is 0 Å². The van der Waals surface area contributed by atoms with Crippen LogP contribution in [0.4, 0.5) is 5.82 Å². The molecule has 0 saturated heterocycles. The molecule has 1 saturated carbocycles. The maximum absolute atomic E-state index is 11.7.